The molecule has 0 radical (unpaired) electrons. The molecule has 0 aliphatic carbocycles. The van der Waals surface area contributed by atoms with Crippen molar-refractivity contribution in [1.29, 1.82) is 0 Å². The first-order chi connectivity index (χ1) is 7.36. The number of benzene rings is 1. The van der Waals surface area contributed by atoms with Crippen LogP contribution in [0.3, 0.4) is 0 Å². The van der Waals surface area contributed by atoms with Gasteiger partial charge in [0.2, 0.25) is 0 Å². The maximum atomic E-state index is 5.39. The lowest BCUT2D eigenvalue weighted by atomic mass is 10.1. The molecular formula is C13H19NO. The molecular weight excluding hydrogens is 186 g/mol. The van der Waals surface area contributed by atoms with Crippen molar-refractivity contribution in [3.63, 3.8) is 0 Å². The number of aryl methyl sites for hydroxylation is 1. The fourth-order valence-electron chi connectivity index (χ4n) is 1.42. The molecule has 15 heavy (non-hydrogen) atoms. The number of hydrogen-bond acceptors (Lipinski definition) is 2. The van der Waals surface area contributed by atoms with Crippen LogP contribution < -0.4 is 5.73 Å². The van der Waals surface area contributed by atoms with Gasteiger partial charge in [-0.3, -0.25) is 0 Å². The Bertz CT molecular complexity index is 290. The van der Waals surface area contributed by atoms with Crippen LogP contribution >= 0.6 is 0 Å². The van der Waals surface area contributed by atoms with E-state index in [1.807, 2.05) is 12.2 Å². The highest BCUT2D eigenvalue weighted by Crippen LogP contribution is 2.08. The summed E-state index contributed by atoms with van der Waals surface area (Å²) >= 11 is 0. The number of methoxy groups -OCH3 is 1. The first kappa shape index (κ1) is 12.0. The summed E-state index contributed by atoms with van der Waals surface area (Å²) in [5.41, 5.74) is 7.95. The van der Waals surface area contributed by atoms with Gasteiger partial charge >= 0.3 is 0 Å². The van der Waals surface area contributed by atoms with Gasteiger partial charge in [-0.2, -0.15) is 0 Å². The van der Waals surface area contributed by atoms with Crippen molar-refractivity contribution in [1.82, 2.24) is 0 Å². The van der Waals surface area contributed by atoms with E-state index in [9.17, 15) is 0 Å². The molecule has 0 atom stereocenters. The van der Waals surface area contributed by atoms with E-state index < -0.39 is 0 Å². The van der Waals surface area contributed by atoms with Gasteiger partial charge in [0.25, 0.3) is 0 Å². The maximum Gasteiger partial charge on any atom is 0.0465 e. The maximum absolute atomic E-state index is 5.39. The van der Waals surface area contributed by atoms with Gasteiger partial charge in [0, 0.05) is 20.3 Å². The lowest BCUT2D eigenvalue weighted by Crippen LogP contribution is -1.93. The molecule has 1 aromatic carbocycles. The molecule has 1 rings (SSSR count). The monoisotopic (exact) mass is 205 g/mol. The fourth-order valence-corrected chi connectivity index (χ4v) is 1.42. The summed E-state index contributed by atoms with van der Waals surface area (Å²) in [6.07, 6.45) is 6.15. The second-order valence-electron chi connectivity index (χ2n) is 3.48. The molecule has 2 nitrogen and oxygen atoms in total. The molecule has 82 valence electrons. The Labute approximate surface area is 91.7 Å². The molecule has 0 aromatic heterocycles. The summed E-state index contributed by atoms with van der Waals surface area (Å²) in [4.78, 5) is 0. The van der Waals surface area contributed by atoms with Crippen molar-refractivity contribution in [2.45, 2.75) is 12.8 Å². The third-order valence-corrected chi connectivity index (χ3v) is 2.24. The average Bonchev–Trinajstić information content (AvgIpc) is 2.28. The molecule has 0 saturated carbocycles. The average molecular weight is 205 g/mol. The Kier molecular flexibility index (Phi) is 5.74. The third-order valence-electron chi connectivity index (χ3n) is 2.24. The Hall–Kier alpha value is -1.12. The number of ether oxygens (including phenoxy) is 1. The smallest absolute Gasteiger partial charge is 0.0465 e. The molecule has 0 aliphatic heterocycles. The summed E-state index contributed by atoms with van der Waals surface area (Å²) in [7, 11) is 1.74. The van der Waals surface area contributed by atoms with E-state index in [0.29, 0.717) is 6.54 Å². The fraction of sp³-hybridized carbons (Fsp3) is 0.385. The first-order valence-corrected chi connectivity index (χ1v) is 5.31. The third kappa shape index (κ3) is 4.77. The minimum atomic E-state index is 0.593. The van der Waals surface area contributed by atoms with Crippen LogP contribution in [0.25, 0.3) is 6.08 Å². The normalized spacial score (nSPS) is 11.1. The summed E-state index contributed by atoms with van der Waals surface area (Å²) in [5.74, 6) is 0. The zero-order valence-corrected chi connectivity index (χ0v) is 9.28. The van der Waals surface area contributed by atoms with Crippen LogP contribution in [-0.2, 0) is 11.2 Å². The Morgan fingerprint density at radius 3 is 2.60 bits per heavy atom. The van der Waals surface area contributed by atoms with E-state index in [0.717, 1.165) is 19.4 Å². The molecule has 0 amide bonds. The lowest BCUT2D eigenvalue weighted by molar-refractivity contribution is 0.195. The van der Waals surface area contributed by atoms with E-state index >= 15 is 0 Å². The van der Waals surface area contributed by atoms with Gasteiger partial charge in [-0.25, -0.2) is 0 Å². The van der Waals surface area contributed by atoms with Gasteiger partial charge in [-0.15, -0.1) is 0 Å². The van der Waals surface area contributed by atoms with E-state index in [2.05, 4.69) is 24.3 Å². The highest BCUT2D eigenvalue weighted by Gasteiger charge is 1.92. The van der Waals surface area contributed by atoms with Crippen LogP contribution in [0.1, 0.15) is 17.5 Å². The van der Waals surface area contributed by atoms with Crippen LogP contribution in [0.2, 0.25) is 0 Å². The van der Waals surface area contributed by atoms with E-state index in [1.54, 1.807) is 7.11 Å². The minimum Gasteiger partial charge on any atom is -0.385 e. The van der Waals surface area contributed by atoms with Crippen LogP contribution in [0.5, 0.6) is 0 Å². The van der Waals surface area contributed by atoms with Gasteiger partial charge in [-0.1, -0.05) is 36.4 Å². The molecule has 2 N–H and O–H groups in total. The van der Waals surface area contributed by atoms with Crippen molar-refractivity contribution in [3.05, 3.63) is 41.5 Å². The van der Waals surface area contributed by atoms with Gasteiger partial charge in [0.1, 0.15) is 0 Å². The predicted octanol–water partition coefficient (Wildman–Crippen LogP) is 2.24. The topological polar surface area (TPSA) is 35.2 Å². The molecule has 0 bridgehead atoms. The van der Waals surface area contributed by atoms with Gasteiger partial charge < -0.3 is 10.5 Å². The Morgan fingerprint density at radius 2 is 2.00 bits per heavy atom. The second-order valence-corrected chi connectivity index (χ2v) is 3.48. The van der Waals surface area contributed by atoms with Crippen molar-refractivity contribution in [3.8, 4) is 0 Å². The van der Waals surface area contributed by atoms with Crippen molar-refractivity contribution >= 4 is 6.08 Å². The summed E-state index contributed by atoms with van der Waals surface area (Å²) in [6.45, 7) is 1.42. The second kappa shape index (κ2) is 7.21. The molecule has 0 aliphatic rings. The number of rotatable bonds is 6. The molecule has 0 unspecified atom stereocenters. The molecule has 0 saturated heterocycles. The molecule has 0 heterocycles. The van der Waals surface area contributed by atoms with Gasteiger partial charge in [-0.05, 0) is 24.0 Å². The minimum absolute atomic E-state index is 0.593. The quantitative estimate of drug-likeness (QED) is 0.723. The van der Waals surface area contributed by atoms with E-state index in [-0.39, 0.29) is 0 Å². The zero-order chi connectivity index (χ0) is 10.9. The summed E-state index contributed by atoms with van der Waals surface area (Å²) < 4.78 is 5.02. The molecule has 0 fully saturated rings. The van der Waals surface area contributed by atoms with Crippen molar-refractivity contribution < 1.29 is 4.74 Å². The van der Waals surface area contributed by atoms with E-state index in [1.165, 1.54) is 11.1 Å². The number of nitrogens with two attached hydrogens (primary N) is 1. The molecule has 2 heteroatoms. The van der Waals surface area contributed by atoms with Crippen LogP contribution in [0.4, 0.5) is 0 Å². The predicted molar refractivity (Wildman–Crippen MR) is 64.7 cm³/mol. The summed E-state index contributed by atoms with van der Waals surface area (Å²) in [5, 5.41) is 0. The number of hydrogen-bond donors (Lipinski definition) is 1. The van der Waals surface area contributed by atoms with E-state index in [4.69, 9.17) is 10.5 Å². The Morgan fingerprint density at radius 1 is 1.27 bits per heavy atom. The van der Waals surface area contributed by atoms with Crippen molar-refractivity contribution in [2.75, 3.05) is 20.3 Å². The lowest BCUT2D eigenvalue weighted by Gasteiger charge is -2.01. The van der Waals surface area contributed by atoms with Crippen LogP contribution in [0, 0.1) is 0 Å². The highest BCUT2D eigenvalue weighted by molar-refractivity contribution is 5.49. The molecule has 1 aromatic rings. The largest absolute Gasteiger partial charge is 0.385 e. The standard InChI is InChI=1S/C13H19NO/c1-15-11-3-5-13-8-6-12(7-9-13)4-2-10-14/h2,4,6-9H,3,5,10-11,14H2,1H3/b4-2+. The highest BCUT2D eigenvalue weighted by atomic mass is 16.5. The van der Waals surface area contributed by atoms with Crippen molar-refractivity contribution in [2.24, 2.45) is 5.73 Å². The van der Waals surface area contributed by atoms with Crippen LogP contribution in [0.15, 0.2) is 30.3 Å². The Balaban J connectivity index is 2.45. The molecule has 0 spiro atoms. The van der Waals surface area contributed by atoms with Gasteiger partial charge in [0.05, 0.1) is 0 Å². The summed E-state index contributed by atoms with van der Waals surface area (Å²) in [6, 6.07) is 8.56. The van der Waals surface area contributed by atoms with Gasteiger partial charge in [0.15, 0.2) is 0 Å². The zero-order valence-electron chi connectivity index (χ0n) is 9.28. The first-order valence-electron chi connectivity index (χ1n) is 5.31. The SMILES string of the molecule is COCCCc1ccc(/C=C/CN)cc1. The van der Waals surface area contributed by atoms with Crippen LogP contribution in [-0.4, -0.2) is 20.3 Å².